The van der Waals surface area contributed by atoms with Crippen LogP contribution in [-0.2, 0) is 10.0 Å². The van der Waals surface area contributed by atoms with Crippen LogP contribution in [0.4, 0.5) is 5.69 Å². The van der Waals surface area contributed by atoms with Gasteiger partial charge in [-0.25, -0.2) is 13.1 Å². The fourth-order valence-electron chi connectivity index (χ4n) is 2.97. The van der Waals surface area contributed by atoms with Gasteiger partial charge in [0.1, 0.15) is 0 Å². The van der Waals surface area contributed by atoms with Crippen LogP contribution in [0.3, 0.4) is 0 Å². The molecule has 0 spiro atoms. The number of likely N-dealkylation sites (tertiary alicyclic amines) is 1. The Morgan fingerprint density at radius 1 is 1.38 bits per heavy atom. The lowest BCUT2D eigenvalue weighted by Crippen LogP contribution is -2.47. The first-order valence-electron chi connectivity index (χ1n) is 7.45. The van der Waals surface area contributed by atoms with E-state index in [-0.39, 0.29) is 6.04 Å². The third-order valence-corrected chi connectivity index (χ3v) is 6.00. The Bertz CT molecular complexity index is 614. The number of benzene rings is 1. The van der Waals surface area contributed by atoms with E-state index in [9.17, 15) is 8.42 Å². The molecule has 1 aliphatic heterocycles. The Balaban J connectivity index is 2.25. The average molecular weight is 311 g/mol. The predicted octanol–water partition coefficient (Wildman–Crippen LogP) is 1.65. The van der Waals surface area contributed by atoms with Gasteiger partial charge in [-0.3, -0.25) is 0 Å². The van der Waals surface area contributed by atoms with Gasteiger partial charge < -0.3 is 10.6 Å². The van der Waals surface area contributed by atoms with Crippen LogP contribution in [0, 0.1) is 13.8 Å². The van der Waals surface area contributed by atoms with Crippen LogP contribution < -0.4 is 10.5 Å². The first-order valence-corrected chi connectivity index (χ1v) is 8.94. The lowest BCUT2D eigenvalue weighted by atomic mass is 10.1. The SMILES string of the molecule is CCN1CCCC(NS(=O)(=O)c2c(C)ccc(N)c2C)C1. The maximum Gasteiger partial charge on any atom is 0.241 e. The van der Waals surface area contributed by atoms with Gasteiger partial charge >= 0.3 is 0 Å². The number of nitrogens with two attached hydrogens (primary N) is 1. The van der Waals surface area contributed by atoms with Gasteiger partial charge in [0.2, 0.25) is 10.0 Å². The summed E-state index contributed by atoms with van der Waals surface area (Å²) in [5, 5.41) is 0. The summed E-state index contributed by atoms with van der Waals surface area (Å²) < 4.78 is 28.3. The molecule has 3 N–H and O–H groups in total. The molecule has 0 saturated carbocycles. The highest BCUT2D eigenvalue weighted by atomic mass is 32.2. The molecule has 0 aliphatic carbocycles. The van der Waals surface area contributed by atoms with Crippen LogP contribution in [0.15, 0.2) is 17.0 Å². The number of nitrogens with zero attached hydrogens (tertiary/aromatic N) is 1. The normalized spacial score (nSPS) is 20.6. The maximum absolute atomic E-state index is 12.7. The number of hydrogen-bond acceptors (Lipinski definition) is 4. The molecule has 1 fully saturated rings. The lowest BCUT2D eigenvalue weighted by Gasteiger charge is -2.32. The molecule has 6 heteroatoms. The van der Waals surface area contributed by atoms with Crippen LogP contribution in [0.25, 0.3) is 0 Å². The number of nitrogen functional groups attached to an aromatic ring is 1. The second-order valence-corrected chi connectivity index (χ2v) is 7.43. The number of piperidine rings is 1. The van der Waals surface area contributed by atoms with Crippen LogP contribution in [0.5, 0.6) is 0 Å². The number of likely N-dealkylation sites (N-methyl/N-ethyl adjacent to an activating group) is 1. The van der Waals surface area contributed by atoms with Crippen molar-refractivity contribution in [3.05, 3.63) is 23.3 Å². The third kappa shape index (κ3) is 3.56. The molecule has 21 heavy (non-hydrogen) atoms. The first-order chi connectivity index (χ1) is 9.85. The number of anilines is 1. The van der Waals surface area contributed by atoms with Gasteiger partial charge in [-0.1, -0.05) is 13.0 Å². The Morgan fingerprint density at radius 2 is 2.10 bits per heavy atom. The van der Waals surface area contributed by atoms with Gasteiger partial charge in [0.05, 0.1) is 4.90 Å². The third-order valence-electron chi connectivity index (χ3n) is 4.19. The smallest absolute Gasteiger partial charge is 0.241 e. The predicted molar refractivity (Wildman–Crippen MR) is 85.8 cm³/mol. The van der Waals surface area contributed by atoms with Crippen LogP contribution in [0.2, 0.25) is 0 Å². The topological polar surface area (TPSA) is 75.4 Å². The van der Waals surface area contributed by atoms with Crippen molar-refractivity contribution in [2.45, 2.75) is 44.6 Å². The van der Waals surface area contributed by atoms with Crippen molar-refractivity contribution in [1.82, 2.24) is 9.62 Å². The Labute approximate surface area is 127 Å². The molecule has 0 bridgehead atoms. The summed E-state index contributed by atoms with van der Waals surface area (Å²) in [5.74, 6) is 0. The number of rotatable bonds is 4. The highest BCUT2D eigenvalue weighted by Crippen LogP contribution is 2.25. The minimum Gasteiger partial charge on any atom is -0.398 e. The average Bonchev–Trinajstić information content (AvgIpc) is 2.42. The van der Waals surface area contributed by atoms with E-state index in [2.05, 4.69) is 16.5 Å². The van der Waals surface area contributed by atoms with E-state index in [0.717, 1.165) is 38.0 Å². The van der Waals surface area contributed by atoms with E-state index < -0.39 is 10.0 Å². The van der Waals surface area contributed by atoms with Crippen molar-refractivity contribution in [2.24, 2.45) is 0 Å². The second kappa shape index (κ2) is 6.34. The first kappa shape index (κ1) is 16.3. The molecule has 1 heterocycles. The number of hydrogen-bond donors (Lipinski definition) is 2. The van der Waals surface area contributed by atoms with E-state index in [4.69, 9.17) is 5.73 Å². The molecule has 1 aliphatic rings. The fourth-order valence-corrected chi connectivity index (χ4v) is 4.74. The summed E-state index contributed by atoms with van der Waals surface area (Å²) in [7, 11) is -3.53. The van der Waals surface area contributed by atoms with Gasteiger partial charge in [0.15, 0.2) is 0 Å². The minimum absolute atomic E-state index is 0.0241. The van der Waals surface area contributed by atoms with E-state index in [0.29, 0.717) is 16.1 Å². The van der Waals surface area contributed by atoms with Crippen molar-refractivity contribution in [2.75, 3.05) is 25.4 Å². The van der Waals surface area contributed by atoms with Crippen LogP contribution in [-0.4, -0.2) is 39.0 Å². The summed E-state index contributed by atoms with van der Waals surface area (Å²) >= 11 is 0. The molecular formula is C15H25N3O2S. The zero-order valence-corrected chi connectivity index (χ0v) is 13.8. The maximum atomic E-state index is 12.7. The highest BCUT2D eigenvalue weighted by molar-refractivity contribution is 7.89. The Hall–Kier alpha value is -1.11. The van der Waals surface area contributed by atoms with Gasteiger partial charge in [-0.05, 0) is 57.0 Å². The molecule has 1 saturated heterocycles. The number of aryl methyl sites for hydroxylation is 1. The van der Waals surface area contributed by atoms with Crippen molar-refractivity contribution in [1.29, 1.82) is 0 Å². The molecule has 1 aromatic rings. The Kier molecular flexibility index (Phi) is 4.91. The minimum atomic E-state index is -3.53. The molecule has 2 rings (SSSR count). The summed E-state index contributed by atoms with van der Waals surface area (Å²) in [4.78, 5) is 2.60. The molecular weight excluding hydrogens is 286 g/mol. The van der Waals surface area contributed by atoms with Crippen molar-refractivity contribution >= 4 is 15.7 Å². The number of sulfonamides is 1. The quantitative estimate of drug-likeness (QED) is 0.829. The van der Waals surface area contributed by atoms with Gasteiger partial charge in [0, 0.05) is 18.3 Å². The molecule has 1 unspecified atom stereocenters. The standard InChI is InChI=1S/C15H25N3O2S/c1-4-18-9-5-6-13(10-18)17-21(19,20)15-11(2)7-8-14(16)12(15)3/h7-8,13,17H,4-6,9-10,16H2,1-3H3. The van der Waals surface area contributed by atoms with Crippen molar-refractivity contribution < 1.29 is 8.42 Å². The lowest BCUT2D eigenvalue weighted by molar-refractivity contribution is 0.211. The van der Waals surface area contributed by atoms with Gasteiger partial charge in [-0.2, -0.15) is 0 Å². The Morgan fingerprint density at radius 3 is 2.76 bits per heavy atom. The van der Waals surface area contributed by atoms with Crippen molar-refractivity contribution in [3.63, 3.8) is 0 Å². The second-order valence-electron chi connectivity index (χ2n) is 5.78. The van der Waals surface area contributed by atoms with Crippen molar-refractivity contribution in [3.8, 4) is 0 Å². The summed E-state index contributed by atoms with van der Waals surface area (Å²) in [6, 6.07) is 3.49. The summed E-state index contributed by atoms with van der Waals surface area (Å²) in [6.07, 6.45) is 1.91. The zero-order chi connectivity index (χ0) is 15.6. The number of nitrogens with one attached hydrogen (secondary N) is 1. The summed E-state index contributed by atoms with van der Waals surface area (Å²) in [6.45, 7) is 8.44. The molecule has 0 radical (unpaired) electrons. The van der Waals surface area contributed by atoms with Gasteiger partial charge in [-0.15, -0.1) is 0 Å². The fraction of sp³-hybridized carbons (Fsp3) is 0.600. The van der Waals surface area contributed by atoms with Crippen LogP contribution >= 0.6 is 0 Å². The molecule has 0 aromatic heterocycles. The van der Waals surface area contributed by atoms with Gasteiger partial charge in [0.25, 0.3) is 0 Å². The molecule has 5 nitrogen and oxygen atoms in total. The zero-order valence-electron chi connectivity index (χ0n) is 13.0. The summed E-state index contributed by atoms with van der Waals surface area (Å²) in [5.41, 5.74) is 7.74. The van der Waals surface area contributed by atoms with Crippen LogP contribution in [0.1, 0.15) is 30.9 Å². The molecule has 118 valence electrons. The van der Waals surface area contributed by atoms with E-state index >= 15 is 0 Å². The monoisotopic (exact) mass is 311 g/mol. The van der Waals surface area contributed by atoms with E-state index in [1.54, 1.807) is 26.0 Å². The molecule has 0 amide bonds. The van der Waals surface area contributed by atoms with E-state index in [1.807, 2.05) is 0 Å². The largest absolute Gasteiger partial charge is 0.398 e. The molecule has 1 aromatic carbocycles. The molecule has 1 atom stereocenters. The van der Waals surface area contributed by atoms with E-state index in [1.165, 1.54) is 0 Å². The highest BCUT2D eigenvalue weighted by Gasteiger charge is 2.27.